The number of amides is 5. The molecule has 5 aromatic rings. The number of unbranched alkanes of at least 4 members (excludes halogenated alkanes) is 3. The maximum Gasteiger partial charge on any atom is 0.255 e. The predicted octanol–water partition coefficient (Wildman–Crippen LogP) is 4.96. The average molecular weight is 923 g/mol. The summed E-state index contributed by atoms with van der Waals surface area (Å²) in [7, 11) is 0. The van der Waals surface area contributed by atoms with Gasteiger partial charge in [0.2, 0.25) is 17.7 Å². The normalized spacial score (nSPS) is 14.5. The van der Waals surface area contributed by atoms with Gasteiger partial charge < -0.3 is 39.6 Å². The van der Waals surface area contributed by atoms with E-state index in [9.17, 15) is 32.8 Å². The van der Waals surface area contributed by atoms with E-state index in [0.29, 0.717) is 84.8 Å². The molecule has 2 aromatic heterocycles. The smallest absolute Gasteiger partial charge is 0.255 e. The number of piperidine rings is 1. The SMILES string of the molecule is O=C1CCC(N2Cc3c(NC(=O)COCCOCCCCCCOCCCn4c(CNc5cccc(C(=O)NCc6c(F)cccc6F)c5)nnc4-c4ccncn4)cccc3C2=O)C(=O)N1. The van der Waals surface area contributed by atoms with Crippen molar-refractivity contribution >= 4 is 40.9 Å². The van der Waals surface area contributed by atoms with E-state index < -0.39 is 29.5 Å². The highest BCUT2D eigenvalue weighted by atomic mass is 19.1. The van der Waals surface area contributed by atoms with Crippen LogP contribution in [0.2, 0.25) is 0 Å². The number of rotatable bonds is 25. The number of benzene rings is 3. The zero-order valence-corrected chi connectivity index (χ0v) is 36.8. The maximum atomic E-state index is 14.1. The zero-order chi connectivity index (χ0) is 47.0. The summed E-state index contributed by atoms with van der Waals surface area (Å²) in [4.78, 5) is 72.3. The van der Waals surface area contributed by atoms with Crippen molar-refractivity contribution in [2.75, 3.05) is 50.3 Å². The fourth-order valence-electron chi connectivity index (χ4n) is 7.70. The summed E-state index contributed by atoms with van der Waals surface area (Å²) in [5.74, 6) is -2.25. The summed E-state index contributed by atoms with van der Waals surface area (Å²) in [6.45, 7) is 2.81. The van der Waals surface area contributed by atoms with Crippen molar-refractivity contribution in [2.24, 2.45) is 0 Å². The second-order valence-corrected chi connectivity index (χ2v) is 15.8. The number of nitrogens with one attached hydrogen (secondary N) is 4. The maximum absolute atomic E-state index is 14.1. The molecule has 7 rings (SSSR count). The van der Waals surface area contributed by atoms with Gasteiger partial charge in [-0.2, -0.15) is 0 Å². The number of anilines is 2. The Bertz CT molecular complexity index is 2510. The highest BCUT2D eigenvalue weighted by Gasteiger charge is 2.40. The third kappa shape index (κ3) is 13.1. The van der Waals surface area contributed by atoms with Crippen LogP contribution >= 0.6 is 0 Å². The first-order valence-electron chi connectivity index (χ1n) is 22.2. The van der Waals surface area contributed by atoms with Gasteiger partial charge in [0.1, 0.15) is 36.3 Å². The van der Waals surface area contributed by atoms with Crippen molar-refractivity contribution in [3.05, 3.63) is 119 Å². The van der Waals surface area contributed by atoms with Crippen molar-refractivity contribution in [1.82, 2.24) is 40.3 Å². The van der Waals surface area contributed by atoms with Crippen LogP contribution in [0.1, 0.15) is 82.6 Å². The number of nitrogens with zero attached hydrogens (tertiary/aromatic N) is 6. The van der Waals surface area contributed by atoms with E-state index in [1.54, 1.807) is 54.7 Å². The number of halogens is 2. The summed E-state index contributed by atoms with van der Waals surface area (Å²) >= 11 is 0. The molecule has 67 heavy (non-hydrogen) atoms. The number of aromatic nitrogens is 5. The van der Waals surface area contributed by atoms with E-state index in [-0.39, 0.29) is 69.0 Å². The van der Waals surface area contributed by atoms with Crippen LogP contribution in [0, 0.1) is 11.6 Å². The second-order valence-electron chi connectivity index (χ2n) is 15.8. The van der Waals surface area contributed by atoms with Crippen LogP contribution in [-0.4, -0.2) is 105 Å². The molecule has 20 heteroatoms. The molecule has 4 heterocycles. The van der Waals surface area contributed by atoms with E-state index in [1.165, 1.54) is 17.3 Å². The Hall–Kier alpha value is -7.03. The Morgan fingerprint density at radius 2 is 1.57 bits per heavy atom. The first-order chi connectivity index (χ1) is 32.7. The van der Waals surface area contributed by atoms with E-state index in [4.69, 9.17) is 14.2 Å². The van der Waals surface area contributed by atoms with Crippen molar-refractivity contribution in [2.45, 2.75) is 77.2 Å². The van der Waals surface area contributed by atoms with Gasteiger partial charge in [-0.3, -0.25) is 29.3 Å². The molecule has 0 spiro atoms. The molecule has 1 atom stereocenters. The fourth-order valence-corrected chi connectivity index (χ4v) is 7.70. The molecule has 0 saturated carbocycles. The molecule has 0 aliphatic carbocycles. The lowest BCUT2D eigenvalue weighted by molar-refractivity contribution is -0.137. The van der Waals surface area contributed by atoms with E-state index in [1.807, 2.05) is 4.57 Å². The Balaban J connectivity index is 0.745. The number of carbonyl (C=O) groups is 5. The molecule has 0 radical (unpaired) electrons. The highest BCUT2D eigenvalue weighted by molar-refractivity contribution is 6.07. The number of hydrogen-bond acceptors (Lipinski definition) is 13. The van der Waals surface area contributed by atoms with E-state index in [2.05, 4.69) is 41.4 Å². The van der Waals surface area contributed by atoms with Crippen LogP contribution < -0.4 is 21.3 Å². The highest BCUT2D eigenvalue weighted by Crippen LogP contribution is 2.32. The Morgan fingerprint density at radius 1 is 0.821 bits per heavy atom. The number of imide groups is 1. The summed E-state index contributed by atoms with van der Waals surface area (Å²) in [5, 5.41) is 19.8. The summed E-state index contributed by atoms with van der Waals surface area (Å²) in [6.07, 6.45) is 7.91. The first-order valence-corrected chi connectivity index (χ1v) is 22.2. The average Bonchev–Trinajstić information content (AvgIpc) is 3.90. The van der Waals surface area contributed by atoms with Gasteiger partial charge in [-0.25, -0.2) is 18.7 Å². The standard InChI is InChI=1S/C47H52F2N10O8/c48-36-12-7-13-37(49)34(36)26-52-45(62)31-9-5-10-32(25-31)51-27-41-56-57-44(39-17-18-50-30-53-39)58(41)19-8-22-65-20-3-1-2-4-21-66-23-24-67-29-43(61)54-38-14-6-11-33-35(38)28-59(47(33)64)40-15-16-42(60)55-46(40)63/h5-7,9-14,17-18,25,30,40,51H,1-4,8,15-16,19-24,26-29H2,(H,52,62)(H,54,61)(H,55,60,63). The summed E-state index contributed by atoms with van der Waals surface area (Å²) in [5.41, 5.74) is 2.87. The zero-order valence-electron chi connectivity index (χ0n) is 36.8. The van der Waals surface area contributed by atoms with Crippen molar-refractivity contribution in [1.29, 1.82) is 0 Å². The second kappa shape index (κ2) is 23.9. The third-order valence-electron chi connectivity index (χ3n) is 11.2. The van der Waals surface area contributed by atoms with Crippen LogP contribution in [0.25, 0.3) is 11.5 Å². The van der Waals surface area contributed by atoms with Crippen LogP contribution in [0.5, 0.6) is 0 Å². The molecule has 1 saturated heterocycles. The minimum absolute atomic E-state index is 0.151. The van der Waals surface area contributed by atoms with E-state index >= 15 is 0 Å². The Morgan fingerprint density at radius 3 is 2.34 bits per heavy atom. The van der Waals surface area contributed by atoms with Crippen LogP contribution in [0.4, 0.5) is 20.2 Å². The van der Waals surface area contributed by atoms with Gasteiger partial charge in [-0.05, 0) is 74.2 Å². The van der Waals surface area contributed by atoms with Crippen LogP contribution in [0.15, 0.2) is 79.3 Å². The number of carbonyl (C=O) groups excluding carboxylic acids is 5. The van der Waals surface area contributed by atoms with Gasteiger partial charge in [0.05, 0.1) is 19.8 Å². The van der Waals surface area contributed by atoms with Gasteiger partial charge in [-0.1, -0.05) is 31.0 Å². The minimum Gasteiger partial charge on any atom is -0.381 e. The molecular weight excluding hydrogens is 871 g/mol. The van der Waals surface area contributed by atoms with Crippen LogP contribution in [0.3, 0.4) is 0 Å². The Labute approximate surface area is 385 Å². The topological polar surface area (TPSA) is 221 Å². The molecule has 0 bridgehead atoms. The number of hydrogen-bond donors (Lipinski definition) is 4. The monoisotopic (exact) mass is 922 g/mol. The molecule has 2 aliphatic heterocycles. The Kier molecular flexibility index (Phi) is 17.1. The van der Waals surface area contributed by atoms with Crippen molar-refractivity contribution < 1.29 is 47.0 Å². The lowest BCUT2D eigenvalue weighted by Gasteiger charge is -2.29. The van der Waals surface area contributed by atoms with Gasteiger partial charge in [0.15, 0.2) is 11.6 Å². The largest absolute Gasteiger partial charge is 0.381 e. The van der Waals surface area contributed by atoms with E-state index in [0.717, 1.165) is 37.8 Å². The van der Waals surface area contributed by atoms with Crippen LogP contribution in [-0.2, 0) is 54.8 Å². The van der Waals surface area contributed by atoms with Gasteiger partial charge in [0, 0.05) is 85.7 Å². The molecule has 1 unspecified atom stereocenters. The molecule has 2 aliphatic rings. The fraction of sp³-hybridized carbons (Fsp3) is 0.383. The lowest BCUT2D eigenvalue weighted by atomic mass is 10.0. The molecule has 5 amide bonds. The van der Waals surface area contributed by atoms with Gasteiger partial charge in [0.25, 0.3) is 11.8 Å². The van der Waals surface area contributed by atoms with Crippen molar-refractivity contribution in [3.8, 4) is 11.5 Å². The third-order valence-corrected chi connectivity index (χ3v) is 11.2. The quantitative estimate of drug-likeness (QED) is 0.0450. The van der Waals surface area contributed by atoms with Gasteiger partial charge in [-0.15, -0.1) is 10.2 Å². The summed E-state index contributed by atoms with van der Waals surface area (Å²) in [6, 6.07) is 16.4. The number of ether oxygens (including phenoxy) is 3. The lowest BCUT2D eigenvalue weighted by Crippen LogP contribution is -2.52. The minimum atomic E-state index is -0.741. The first kappa shape index (κ1) is 47.9. The predicted molar refractivity (Wildman–Crippen MR) is 239 cm³/mol. The molecule has 352 valence electrons. The molecule has 4 N–H and O–H groups in total. The molecule has 3 aromatic carbocycles. The number of fused-ring (bicyclic) bond motifs is 1. The molecule has 18 nitrogen and oxygen atoms in total. The molecule has 1 fully saturated rings. The van der Waals surface area contributed by atoms with Gasteiger partial charge >= 0.3 is 0 Å². The summed E-state index contributed by atoms with van der Waals surface area (Å²) < 4.78 is 47.2. The van der Waals surface area contributed by atoms with Crippen molar-refractivity contribution in [3.63, 3.8) is 0 Å². The molecular formula is C47H52F2N10O8.